The van der Waals surface area contributed by atoms with Crippen molar-refractivity contribution in [3.63, 3.8) is 0 Å². The molecule has 2 aliphatic heterocycles. The molecule has 46 heavy (non-hydrogen) atoms. The normalized spacial score (nSPS) is 32.1. The highest BCUT2D eigenvalue weighted by Gasteiger charge is 2.44. The first kappa shape index (κ1) is 40.3. The van der Waals surface area contributed by atoms with E-state index in [-0.39, 0.29) is 50.3 Å². The van der Waals surface area contributed by atoms with Crippen LogP contribution < -0.4 is 10.6 Å². The van der Waals surface area contributed by atoms with Gasteiger partial charge in [0.15, 0.2) is 18.4 Å². The third-order valence-corrected chi connectivity index (χ3v) is 8.32. The summed E-state index contributed by atoms with van der Waals surface area (Å²) in [7, 11) is 0. The molecule has 0 aliphatic carbocycles. The fraction of sp³-hybridized carbons (Fsp3) is 0.900. The first-order valence-corrected chi connectivity index (χ1v) is 16.1. The van der Waals surface area contributed by atoms with Gasteiger partial charge < -0.3 is 65.3 Å². The van der Waals surface area contributed by atoms with Crippen LogP contribution in [0.4, 0.5) is 0 Å². The minimum absolute atomic E-state index is 0.0986. The third-order valence-electron chi connectivity index (χ3n) is 8.32. The highest BCUT2D eigenvalue weighted by molar-refractivity contribution is 5.87. The molecule has 0 radical (unpaired) electrons. The zero-order valence-electron chi connectivity index (χ0n) is 26.7. The lowest BCUT2D eigenvalue weighted by Gasteiger charge is -2.40. The number of aliphatic hydroxyl groups excluding tert-OH is 7. The molecule has 16 nitrogen and oxygen atoms in total. The highest BCUT2D eigenvalue weighted by Crippen LogP contribution is 2.26. The highest BCUT2D eigenvalue weighted by atomic mass is 16.7. The van der Waals surface area contributed by atoms with Crippen LogP contribution in [0.5, 0.6) is 0 Å². The van der Waals surface area contributed by atoms with Crippen LogP contribution in [0, 0.1) is 5.92 Å². The van der Waals surface area contributed by atoms with Crippen LogP contribution in [0.15, 0.2) is 0 Å². The first-order valence-electron chi connectivity index (χ1n) is 16.1. The Labute approximate surface area is 269 Å². The maximum Gasteiger partial charge on any atom is 0.220 e. The van der Waals surface area contributed by atoms with Gasteiger partial charge in [0.05, 0.1) is 31.5 Å². The number of unbranched alkanes of at least 4 members (excludes halogenated alkanes) is 3. The van der Waals surface area contributed by atoms with E-state index in [0.29, 0.717) is 51.5 Å². The van der Waals surface area contributed by atoms with E-state index < -0.39 is 73.9 Å². The van der Waals surface area contributed by atoms with Crippen molar-refractivity contribution in [2.24, 2.45) is 5.92 Å². The van der Waals surface area contributed by atoms with Crippen LogP contribution in [0.2, 0.25) is 0 Å². The summed E-state index contributed by atoms with van der Waals surface area (Å²) in [5, 5.41) is 74.0. The molecular weight excluding hydrogens is 612 g/mol. The zero-order chi connectivity index (χ0) is 34.2. The molecule has 2 amide bonds. The van der Waals surface area contributed by atoms with Crippen LogP contribution in [0.25, 0.3) is 0 Å². The Morgan fingerprint density at radius 2 is 1.24 bits per heavy atom. The van der Waals surface area contributed by atoms with Crippen molar-refractivity contribution < 1.29 is 69.1 Å². The Morgan fingerprint density at radius 1 is 0.696 bits per heavy atom. The molecule has 11 atom stereocenters. The first-order chi connectivity index (χ1) is 21.9. The topological polar surface area (TPSA) is 254 Å². The SMILES string of the molecule is CC(=O)C(CCCCNC(=O)CCCCOC1OC(CO)C(C)C(O)C1O)NC(=O)CCCCOC1OC(CO)C(O)C(O)C1O. The number of ketones is 1. The monoisotopic (exact) mass is 666 g/mol. The van der Waals surface area contributed by atoms with E-state index in [1.54, 1.807) is 6.92 Å². The molecular formula is C30H54N2O14. The summed E-state index contributed by atoms with van der Waals surface area (Å²) < 4.78 is 21.7. The summed E-state index contributed by atoms with van der Waals surface area (Å²) in [5.74, 6) is -1.04. The molecule has 0 aromatic heterocycles. The smallest absolute Gasteiger partial charge is 0.220 e. The lowest BCUT2D eigenvalue weighted by molar-refractivity contribution is -0.301. The number of Topliss-reactive ketones (excluding diaryl/α,β-unsaturated/α-hetero) is 1. The second-order valence-corrected chi connectivity index (χ2v) is 12.0. The Hall–Kier alpha value is -1.83. The van der Waals surface area contributed by atoms with Gasteiger partial charge in [0.2, 0.25) is 11.8 Å². The molecule has 2 aliphatic rings. The fourth-order valence-corrected chi connectivity index (χ4v) is 5.23. The van der Waals surface area contributed by atoms with Gasteiger partial charge in [-0.15, -0.1) is 0 Å². The molecule has 2 heterocycles. The summed E-state index contributed by atoms with van der Waals surface area (Å²) in [6.45, 7) is 2.95. The van der Waals surface area contributed by atoms with Gasteiger partial charge >= 0.3 is 0 Å². The molecule has 2 saturated heterocycles. The molecule has 0 saturated carbocycles. The maximum absolute atomic E-state index is 12.4. The summed E-state index contributed by atoms with van der Waals surface area (Å²) in [6.07, 6.45) is -6.77. The molecule has 11 unspecified atom stereocenters. The molecule has 0 spiro atoms. The molecule has 16 heteroatoms. The van der Waals surface area contributed by atoms with Gasteiger partial charge in [0.1, 0.15) is 30.5 Å². The fourth-order valence-electron chi connectivity index (χ4n) is 5.23. The van der Waals surface area contributed by atoms with Crippen LogP contribution in [-0.2, 0) is 33.3 Å². The molecule has 268 valence electrons. The second-order valence-electron chi connectivity index (χ2n) is 12.0. The Bertz CT molecular complexity index is 909. The number of carbonyl (C=O) groups is 3. The van der Waals surface area contributed by atoms with Crippen molar-refractivity contribution >= 4 is 17.6 Å². The lowest BCUT2D eigenvalue weighted by atomic mass is 9.91. The van der Waals surface area contributed by atoms with Crippen molar-refractivity contribution in [1.29, 1.82) is 0 Å². The number of amides is 2. The van der Waals surface area contributed by atoms with Gasteiger partial charge in [0.25, 0.3) is 0 Å². The second kappa shape index (κ2) is 21.2. The maximum atomic E-state index is 12.4. The van der Waals surface area contributed by atoms with Crippen LogP contribution in [0.1, 0.15) is 71.6 Å². The van der Waals surface area contributed by atoms with E-state index in [2.05, 4.69) is 10.6 Å². The van der Waals surface area contributed by atoms with Crippen LogP contribution in [0.3, 0.4) is 0 Å². The molecule has 0 aromatic rings. The predicted octanol–water partition coefficient (Wildman–Crippen LogP) is -2.40. The average Bonchev–Trinajstić information content (AvgIpc) is 3.03. The number of aliphatic hydroxyl groups is 7. The van der Waals surface area contributed by atoms with Crippen molar-refractivity contribution in [1.82, 2.24) is 10.6 Å². The Morgan fingerprint density at radius 3 is 1.80 bits per heavy atom. The predicted molar refractivity (Wildman–Crippen MR) is 160 cm³/mol. The van der Waals surface area contributed by atoms with Crippen LogP contribution in [-0.4, -0.2) is 148 Å². The van der Waals surface area contributed by atoms with Gasteiger partial charge in [-0.05, 0) is 51.9 Å². The third kappa shape index (κ3) is 13.0. The Kier molecular flexibility index (Phi) is 18.6. The standard InChI is InChI=1S/C30H54N2O14/c1-17-20(15-33)45-29(27(41)24(17)38)43-13-7-4-10-22(36)31-12-6-3-9-19(18(2)35)32-23(37)11-5-8-14-44-30-28(42)26(40)25(39)21(16-34)46-30/h17,19-21,24-30,33-34,38-42H,3-16H2,1-2H3,(H,31,36)(H,32,37). The van der Waals surface area contributed by atoms with Crippen molar-refractivity contribution in [2.45, 2.75) is 133 Å². The summed E-state index contributed by atoms with van der Waals surface area (Å²) >= 11 is 0. The number of rotatable bonds is 21. The largest absolute Gasteiger partial charge is 0.394 e. The van der Waals surface area contributed by atoms with Gasteiger partial charge in [0, 0.05) is 38.5 Å². The molecule has 2 rings (SSSR count). The zero-order valence-corrected chi connectivity index (χ0v) is 26.7. The van der Waals surface area contributed by atoms with Gasteiger partial charge in [-0.2, -0.15) is 0 Å². The average molecular weight is 667 g/mol. The summed E-state index contributed by atoms with van der Waals surface area (Å²) in [4.78, 5) is 36.5. The van der Waals surface area contributed by atoms with Gasteiger partial charge in [-0.25, -0.2) is 0 Å². The number of hydrogen-bond acceptors (Lipinski definition) is 14. The number of carbonyl (C=O) groups excluding carboxylic acids is 3. The quantitative estimate of drug-likeness (QED) is 0.0579. The van der Waals surface area contributed by atoms with E-state index in [1.807, 2.05) is 0 Å². The Balaban J connectivity index is 1.52. The van der Waals surface area contributed by atoms with E-state index in [9.17, 15) is 50.1 Å². The van der Waals surface area contributed by atoms with Gasteiger partial charge in [-0.1, -0.05) is 6.92 Å². The number of hydrogen-bond donors (Lipinski definition) is 9. The summed E-state index contributed by atoms with van der Waals surface area (Å²) in [5.41, 5.74) is 0. The summed E-state index contributed by atoms with van der Waals surface area (Å²) in [6, 6.07) is -0.641. The lowest BCUT2D eigenvalue weighted by Crippen LogP contribution is -2.59. The molecule has 0 aromatic carbocycles. The molecule has 9 N–H and O–H groups in total. The number of ether oxygens (including phenoxy) is 4. The minimum Gasteiger partial charge on any atom is -0.394 e. The van der Waals surface area contributed by atoms with Crippen molar-refractivity contribution in [3.05, 3.63) is 0 Å². The molecule has 2 fully saturated rings. The minimum atomic E-state index is -1.53. The number of nitrogens with one attached hydrogen (secondary N) is 2. The van der Waals surface area contributed by atoms with E-state index in [4.69, 9.17) is 18.9 Å². The van der Waals surface area contributed by atoms with E-state index in [0.717, 1.165) is 0 Å². The van der Waals surface area contributed by atoms with Crippen LogP contribution >= 0.6 is 0 Å². The van der Waals surface area contributed by atoms with E-state index in [1.165, 1.54) is 6.92 Å². The van der Waals surface area contributed by atoms with Crippen molar-refractivity contribution in [3.8, 4) is 0 Å². The molecule has 0 bridgehead atoms. The van der Waals surface area contributed by atoms with E-state index >= 15 is 0 Å². The van der Waals surface area contributed by atoms with Gasteiger partial charge in [-0.3, -0.25) is 14.4 Å². The van der Waals surface area contributed by atoms with Crippen molar-refractivity contribution in [2.75, 3.05) is 33.0 Å².